The highest BCUT2D eigenvalue weighted by atomic mass is 14.9. The number of nitrogens with zero attached hydrogens (tertiary/aromatic N) is 1. The molecule has 50 valence electrons. The van der Waals surface area contributed by atoms with Gasteiger partial charge in [-0.2, -0.15) is 5.26 Å². The van der Waals surface area contributed by atoms with Crippen molar-refractivity contribution in [3.63, 3.8) is 0 Å². The zero-order chi connectivity index (χ0) is 7.11. The van der Waals surface area contributed by atoms with Crippen LogP contribution in [0, 0.1) is 11.3 Å². The van der Waals surface area contributed by atoms with Gasteiger partial charge in [0.05, 0.1) is 6.07 Å². The third-order valence-electron chi connectivity index (χ3n) is 0.935. The van der Waals surface area contributed by atoms with Crippen LogP contribution in [0.4, 0.5) is 0 Å². The summed E-state index contributed by atoms with van der Waals surface area (Å²) < 4.78 is 0. The molecule has 0 atom stereocenters. The van der Waals surface area contributed by atoms with E-state index in [1.165, 1.54) is 6.08 Å². The third-order valence-corrected chi connectivity index (χ3v) is 0.935. The van der Waals surface area contributed by atoms with E-state index in [0.29, 0.717) is 0 Å². The predicted octanol–water partition coefficient (Wildman–Crippen LogP) is 1.41. The van der Waals surface area contributed by atoms with Gasteiger partial charge in [0, 0.05) is 18.3 Å². The average molecular weight is 124 g/mol. The normalized spacial score (nSPS) is 10.6. The van der Waals surface area contributed by atoms with Gasteiger partial charge in [-0.15, -0.1) is 0 Å². The molecule has 0 heterocycles. The van der Waals surface area contributed by atoms with Crippen LogP contribution in [0.2, 0.25) is 0 Å². The van der Waals surface area contributed by atoms with Crippen molar-refractivity contribution >= 4 is 0 Å². The molecule has 0 aliphatic rings. The molecule has 9 heavy (non-hydrogen) atoms. The van der Waals surface area contributed by atoms with Crippen LogP contribution in [0.15, 0.2) is 11.8 Å². The minimum atomic E-state index is 0.944. The molecular formula is C7H12N2. The van der Waals surface area contributed by atoms with E-state index in [1.54, 1.807) is 0 Å². The molecule has 0 unspecified atom stereocenters. The number of hydrogen-bond acceptors (Lipinski definition) is 2. The lowest BCUT2D eigenvalue weighted by Gasteiger charge is -2.00. The first-order chi connectivity index (χ1) is 4.31. The Morgan fingerprint density at radius 3 is 2.89 bits per heavy atom. The molecule has 0 aliphatic heterocycles. The molecule has 2 nitrogen and oxygen atoms in total. The molecule has 0 aromatic heterocycles. The smallest absolute Gasteiger partial charge is 0.0930 e. The Bertz CT molecular complexity index is 130. The summed E-state index contributed by atoms with van der Waals surface area (Å²) in [5.41, 5.74) is 0.944. The van der Waals surface area contributed by atoms with E-state index in [4.69, 9.17) is 5.26 Å². The fourth-order valence-corrected chi connectivity index (χ4v) is 0.470. The largest absolute Gasteiger partial charge is 0.388 e. The Labute approximate surface area is 56.2 Å². The second-order valence-electron chi connectivity index (χ2n) is 1.88. The van der Waals surface area contributed by atoms with E-state index >= 15 is 0 Å². The maximum absolute atomic E-state index is 8.17. The van der Waals surface area contributed by atoms with Gasteiger partial charge in [0.1, 0.15) is 0 Å². The number of nitrogens with one attached hydrogen (secondary N) is 1. The standard InChI is InChI=1S/C7H12N2/c1-3-6-9-7(2)4-5-8/h4,9H,3,6H2,1-2H3/b7-4-. The third kappa shape index (κ3) is 4.89. The Morgan fingerprint density at radius 2 is 2.44 bits per heavy atom. The fourth-order valence-electron chi connectivity index (χ4n) is 0.470. The average Bonchev–Trinajstić information content (AvgIpc) is 1.85. The van der Waals surface area contributed by atoms with Crippen molar-refractivity contribution in [3.05, 3.63) is 11.8 Å². The van der Waals surface area contributed by atoms with E-state index < -0.39 is 0 Å². The van der Waals surface area contributed by atoms with Gasteiger partial charge in [0.25, 0.3) is 0 Å². The maximum atomic E-state index is 8.17. The van der Waals surface area contributed by atoms with Crippen molar-refractivity contribution in [1.29, 1.82) is 5.26 Å². The molecule has 1 N–H and O–H groups in total. The summed E-state index contributed by atoms with van der Waals surface area (Å²) in [6.45, 7) is 4.93. The molecule has 0 radical (unpaired) electrons. The number of hydrogen-bond donors (Lipinski definition) is 1. The Morgan fingerprint density at radius 1 is 1.78 bits per heavy atom. The highest BCUT2D eigenvalue weighted by Gasteiger charge is 1.82. The van der Waals surface area contributed by atoms with Crippen LogP contribution in [0.5, 0.6) is 0 Å². The first kappa shape index (κ1) is 8.03. The van der Waals surface area contributed by atoms with E-state index in [-0.39, 0.29) is 0 Å². The summed E-state index contributed by atoms with van der Waals surface area (Å²) in [6.07, 6.45) is 2.60. The Hall–Kier alpha value is -0.970. The highest BCUT2D eigenvalue weighted by molar-refractivity contribution is 5.09. The van der Waals surface area contributed by atoms with E-state index in [2.05, 4.69) is 12.2 Å². The molecule has 0 rings (SSSR count). The number of rotatable bonds is 3. The highest BCUT2D eigenvalue weighted by Crippen LogP contribution is 1.83. The zero-order valence-electron chi connectivity index (χ0n) is 5.94. The summed E-state index contributed by atoms with van der Waals surface area (Å²) in [4.78, 5) is 0. The molecule has 0 saturated heterocycles. The van der Waals surface area contributed by atoms with Crippen LogP contribution in [0.3, 0.4) is 0 Å². The van der Waals surface area contributed by atoms with E-state index in [9.17, 15) is 0 Å². The SMILES string of the molecule is CCCN/C(C)=C\C#N. The molecule has 0 aromatic rings. The topological polar surface area (TPSA) is 35.8 Å². The minimum Gasteiger partial charge on any atom is -0.388 e. The first-order valence-corrected chi connectivity index (χ1v) is 3.11. The van der Waals surface area contributed by atoms with Gasteiger partial charge in [-0.1, -0.05) is 6.92 Å². The van der Waals surface area contributed by atoms with Gasteiger partial charge >= 0.3 is 0 Å². The van der Waals surface area contributed by atoms with Crippen molar-refractivity contribution in [2.24, 2.45) is 0 Å². The monoisotopic (exact) mass is 124 g/mol. The summed E-state index contributed by atoms with van der Waals surface area (Å²) in [5, 5.41) is 11.2. The summed E-state index contributed by atoms with van der Waals surface area (Å²) in [5.74, 6) is 0. The summed E-state index contributed by atoms with van der Waals surface area (Å²) >= 11 is 0. The Balaban J connectivity index is 3.40. The first-order valence-electron chi connectivity index (χ1n) is 3.11. The van der Waals surface area contributed by atoms with Gasteiger partial charge in [-0.3, -0.25) is 0 Å². The van der Waals surface area contributed by atoms with Gasteiger partial charge in [-0.05, 0) is 13.3 Å². The van der Waals surface area contributed by atoms with Crippen molar-refractivity contribution < 1.29 is 0 Å². The van der Waals surface area contributed by atoms with E-state index in [1.807, 2.05) is 13.0 Å². The number of nitriles is 1. The van der Waals surface area contributed by atoms with Gasteiger partial charge in [-0.25, -0.2) is 0 Å². The lowest BCUT2D eigenvalue weighted by molar-refractivity contribution is 0.770. The lowest BCUT2D eigenvalue weighted by atomic mass is 10.4. The summed E-state index contributed by atoms with van der Waals surface area (Å²) in [7, 11) is 0. The molecule has 2 heteroatoms. The van der Waals surface area contributed by atoms with Crippen LogP contribution in [0.25, 0.3) is 0 Å². The molecule has 0 aromatic carbocycles. The fraction of sp³-hybridized carbons (Fsp3) is 0.571. The van der Waals surface area contributed by atoms with Crippen LogP contribution in [0.1, 0.15) is 20.3 Å². The summed E-state index contributed by atoms with van der Waals surface area (Å²) in [6, 6.07) is 1.95. The lowest BCUT2D eigenvalue weighted by Crippen LogP contribution is -2.10. The van der Waals surface area contributed by atoms with Gasteiger partial charge in [0.15, 0.2) is 0 Å². The second-order valence-corrected chi connectivity index (χ2v) is 1.88. The molecule has 0 bridgehead atoms. The molecular weight excluding hydrogens is 112 g/mol. The molecule has 0 spiro atoms. The minimum absolute atomic E-state index is 0.944. The van der Waals surface area contributed by atoms with Crippen molar-refractivity contribution in [2.45, 2.75) is 20.3 Å². The molecule has 0 amide bonds. The van der Waals surface area contributed by atoms with Crippen LogP contribution >= 0.6 is 0 Å². The molecule has 0 saturated carbocycles. The van der Waals surface area contributed by atoms with Gasteiger partial charge in [0.2, 0.25) is 0 Å². The molecule has 0 fully saturated rings. The molecule has 0 aliphatic carbocycles. The van der Waals surface area contributed by atoms with Crippen LogP contribution in [-0.4, -0.2) is 6.54 Å². The maximum Gasteiger partial charge on any atom is 0.0930 e. The quantitative estimate of drug-likeness (QED) is 0.577. The Kier molecular flexibility index (Phi) is 4.61. The zero-order valence-corrected chi connectivity index (χ0v) is 5.94. The van der Waals surface area contributed by atoms with Crippen molar-refractivity contribution in [2.75, 3.05) is 6.54 Å². The van der Waals surface area contributed by atoms with Crippen molar-refractivity contribution in [3.8, 4) is 6.07 Å². The second kappa shape index (κ2) is 5.17. The van der Waals surface area contributed by atoms with Crippen molar-refractivity contribution in [1.82, 2.24) is 5.32 Å². The van der Waals surface area contributed by atoms with Crippen LogP contribution < -0.4 is 5.32 Å². The van der Waals surface area contributed by atoms with Gasteiger partial charge < -0.3 is 5.32 Å². The number of allylic oxidation sites excluding steroid dienone is 2. The van der Waals surface area contributed by atoms with E-state index in [0.717, 1.165) is 18.7 Å². The van der Waals surface area contributed by atoms with Crippen LogP contribution in [-0.2, 0) is 0 Å². The predicted molar refractivity (Wildman–Crippen MR) is 37.7 cm³/mol.